The number of sulfone groups is 1. The largest absolute Gasteiger partial charge is 0.478 e. The molecule has 1 aromatic rings. The van der Waals surface area contributed by atoms with E-state index < -0.39 is 32.1 Å². The van der Waals surface area contributed by atoms with Crippen LogP contribution in [0.15, 0.2) is 17.0 Å². The van der Waals surface area contributed by atoms with E-state index in [0.717, 1.165) is 25.0 Å². The number of carboxylic acid groups (broad SMARTS) is 1. The summed E-state index contributed by atoms with van der Waals surface area (Å²) in [7, 11) is -3.85. The van der Waals surface area contributed by atoms with Gasteiger partial charge in [0, 0.05) is 5.02 Å². The molecule has 0 amide bonds. The van der Waals surface area contributed by atoms with Crippen molar-refractivity contribution in [2.45, 2.75) is 24.2 Å². The first kappa shape index (κ1) is 14.3. The van der Waals surface area contributed by atoms with Crippen LogP contribution in [0.4, 0.5) is 4.39 Å². The number of aromatic carboxylic acids is 1. The second-order valence-corrected chi connectivity index (χ2v) is 7.14. The van der Waals surface area contributed by atoms with E-state index in [1.807, 2.05) is 0 Å². The van der Waals surface area contributed by atoms with Crippen molar-refractivity contribution in [1.29, 1.82) is 0 Å². The number of hydrogen-bond donors (Lipinski definition) is 1. The minimum absolute atomic E-state index is 0.108. The molecule has 19 heavy (non-hydrogen) atoms. The van der Waals surface area contributed by atoms with E-state index in [-0.39, 0.29) is 10.8 Å². The van der Waals surface area contributed by atoms with Crippen LogP contribution < -0.4 is 0 Å². The molecule has 0 atom stereocenters. The Morgan fingerprint density at radius 3 is 2.58 bits per heavy atom. The average Bonchev–Trinajstić information content (AvgIpc) is 3.12. The summed E-state index contributed by atoms with van der Waals surface area (Å²) in [6, 6.07) is 1.87. The second kappa shape index (κ2) is 5.09. The number of rotatable bonds is 5. The molecule has 0 aliphatic heterocycles. The number of hydrogen-bond acceptors (Lipinski definition) is 3. The Morgan fingerprint density at radius 2 is 2.05 bits per heavy atom. The molecular formula is C12H12ClFO4S. The zero-order valence-corrected chi connectivity index (χ0v) is 11.5. The van der Waals surface area contributed by atoms with E-state index in [1.54, 1.807) is 0 Å². The van der Waals surface area contributed by atoms with Crippen molar-refractivity contribution in [3.8, 4) is 0 Å². The van der Waals surface area contributed by atoms with Gasteiger partial charge in [-0.05, 0) is 24.5 Å². The maximum Gasteiger partial charge on any atom is 0.338 e. The third-order valence-electron chi connectivity index (χ3n) is 3.06. The smallest absolute Gasteiger partial charge is 0.338 e. The predicted molar refractivity (Wildman–Crippen MR) is 67.8 cm³/mol. The molecule has 1 fully saturated rings. The van der Waals surface area contributed by atoms with Gasteiger partial charge in [0.25, 0.3) is 0 Å². The third-order valence-corrected chi connectivity index (χ3v) is 5.02. The van der Waals surface area contributed by atoms with Crippen molar-refractivity contribution >= 4 is 27.4 Å². The first-order valence-electron chi connectivity index (χ1n) is 5.76. The highest BCUT2D eigenvalue weighted by Crippen LogP contribution is 2.34. The van der Waals surface area contributed by atoms with E-state index in [0.29, 0.717) is 12.3 Å². The van der Waals surface area contributed by atoms with Gasteiger partial charge in [0.05, 0.1) is 11.3 Å². The summed E-state index contributed by atoms with van der Waals surface area (Å²) in [6.45, 7) is 0. The Balaban J connectivity index is 2.39. The lowest BCUT2D eigenvalue weighted by molar-refractivity contribution is 0.0691. The number of halogens is 2. The zero-order chi connectivity index (χ0) is 14.2. The summed E-state index contributed by atoms with van der Waals surface area (Å²) in [4.78, 5) is 10.2. The van der Waals surface area contributed by atoms with Gasteiger partial charge in [-0.3, -0.25) is 0 Å². The van der Waals surface area contributed by atoms with E-state index in [1.165, 1.54) is 0 Å². The molecule has 104 valence electrons. The van der Waals surface area contributed by atoms with Gasteiger partial charge in [0.2, 0.25) is 0 Å². The van der Waals surface area contributed by atoms with Crippen LogP contribution in [0.5, 0.6) is 0 Å². The second-order valence-electron chi connectivity index (χ2n) is 4.62. The van der Waals surface area contributed by atoms with Crippen molar-refractivity contribution < 1.29 is 22.7 Å². The maximum absolute atomic E-state index is 13.9. The number of carbonyl (C=O) groups is 1. The van der Waals surface area contributed by atoms with Crippen LogP contribution >= 0.6 is 11.6 Å². The molecule has 0 unspecified atom stereocenters. The SMILES string of the molecule is O=C(O)c1cc(Cl)cc(S(=O)(=O)CCC2CC2)c1F. The molecule has 0 saturated heterocycles. The molecule has 2 rings (SSSR count). The fourth-order valence-corrected chi connectivity index (χ4v) is 3.62. The van der Waals surface area contributed by atoms with Crippen molar-refractivity contribution in [3.05, 3.63) is 28.5 Å². The van der Waals surface area contributed by atoms with Crippen molar-refractivity contribution in [1.82, 2.24) is 0 Å². The van der Waals surface area contributed by atoms with Crippen LogP contribution in [0.25, 0.3) is 0 Å². The normalized spacial score (nSPS) is 15.5. The van der Waals surface area contributed by atoms with E-state index >= 15 is 0 Å². The van der Waals surface area contributed by atoms with Crippen LogP contribution in [0.1, 0.15) is 29.6 Å². The molecule has 1 aromatic carbocycles. The molecule has 0 heterocycles. The van der Waals surface area contributed by atoms with Crippen LogP contribution in [0.3, 0.4) is 0 Å². The van der Waals surface area contributed by atoms with Gasteiger partial charge in [0.15, 0.2) is 15.7 Å². The van der Waals surface area contributed by atoms with E-state index in [4.69, 9.17) is 16.7 Å². The summed E-state index contributed by atoms with van der Waals surface area (Å²) in [6.07, 6.45) is 2.46. The van der Waals surface area contributed by atoms with Gasteiger partial charge in [-0.25, -0.2) is 17.6 Å². The van der Waals surface area contributed by atoms with Gasteiger partial charge < -0.3 is 5.11 Å². The molecule has 0 radical (unpaired) electrons. The Kier molecular flexibility index (Phi) is 3.82. The van der Waals surface area contributed by atoms with Crippen LogP contribution in [-0.4, -0.2) is 25.2 Å². The average molecular weight is 307 g/mol. The summed E-state index contributed by atoms with van der Waals surface area (Å²) >= 11 is 5.65. The summed E-state index contributed by atoms with van der Waals surface area (Å²) in [5, 5.41) is 8.71. The lowest BCUT2D eigenvalue weighted by atomic mass is 10.2. The molecule has 0 spiro atoms. The Morgan fingerprint density at radius 1 is 1.42 bits per heavy atom. The van der Waals surface area contributed by atoms with E-state index in [2.05, 4.69) is 0 Å². The van der Waals surface area contributed by atoms with Crippen molar-refractivity contribution in [2.75, 3.05) is 5.75 Å². The number of benzene rings is 1. The molecule has 1 aliphatic carbocycles. The molecule has 0 bridgehead atoms. The molecule has 1 saturated carbocycles. The van der Waals surface area contributed by atoms with Gasteiger partial charge in [-0.1, -0.05) is 24.4 Å². The highest BCUT2D eigenvalue weighted by molar-refractivity contribution is 7.91. The molecule has 0 aromatic heterocycles. The molecule has 7 heteroatoms. The Hall–Kier alpha value is -1.14. The fourth-order valence-electron chi connectivity index (χ4n) is 1.78. The Bertz CT molecular complexity index is 623. The summed E-state index contributed by atoms with van der Waals surface area (Å²) in [5.41, 5.74) is -0.725. The molecular weight excluding hydrogens is 295 g/mol. The van der Waals surface area contributed by atoms with Crippen molar-refractivity contribution in [2.24, 2.45) is 5.92 Å². The highest BCUT2D eigenvalue weighted by atomic mass is 35.5. The lowest BCUT2D eigenvalue weighted by Gasteiger charge is -2.08. The van der Waals surface area contributed by atoms with Crippen LogP contribution in [-0.2, 0) is 9.84 Å². The van der Waals surface area contributed by atoms with Gasteiger partial charge in [0.1, 0.15) is 4.90 Å². The first-order chi connectivity index (χ1) is 8.81. The topological polar surface area (TPSA) is 71.4 Å². The minimum atomic E-state index is -3.85. The number of carboxylic acids is 1. The highest BCUT2D eigenvalue weighted by Gasteiger charge is 2.28. The zero-order valence-electron chi connectivity index (χ0n) is 9.90. The monoisotopic (exact) mass is 306 g/mol. The third kappa shape index (κ3) is 3.25. The standard InChI is InChI=1S/C12H12ClFO4S/c13-8-5-9(12(15)16)11(14)10(6-8)19(17,18)4-3-7-1-2-7/h5-7H,1-4H2,(H,15,16). The lowest BCUT2D eigenvalue weighted by Crippen LogP contribution is -2.13. The van der Waals surface area contributed by atoms with Gasteiger partial charge in [-0.2, -0.15) is 0 Å². The summed E-state index contributed by atoms with van der Waals surface area (Å²) < 4.78 is 38.0. The first-order valence-corrected chi connectivity index (χ1v) is 7.79. The van der Waals surface area contributed by atoms with Gasteiger partial charge >= 0.3 is 5.97 Å². The van der Waals surface area contributed by atoms with Gasteiger partial charge in [-0.15, -0.1) is 0 Å². The Labute approximate surface area is 115 Å². The molecule has 1 aliphatic rings. The quantitative estimate of drug-likeness (QED) is 0.908. The fraction of sp³-hybridized carbons (Fsp3) is 0.417. The van der Waals surface area contributed by atoms with Crippen LogP contribution in [0.2, 0.25) is 5.02 Å². The van der Waals surface area contributed by atoms with Crippen molar-refractivity contribution in [3.63, 3.8) is 0 Å². The van der Waals surface area contributed by atoms with Crippen LogP contribution in [0, 0.1) is 11.7 Å². The summed E-state index contributed by atoms with van der Waals surface area (Å²) in [5.74, 6) is -2.59. The maximum atomic E-state index is 13.9. The molecule has 4 nitrogen and oxygen atoms in total. The predicted octanol–water partition coefficient (Wildman–Crippen LogP) is 2.75. The van der Waals surface area contributed by atoms with E-state index in [9.17, 15) is 17.6 Å². The minimum Gasteiger partial charge on any atom is -0.478 e. The molecule has 1 N–H and O–H groups in total.